The molecule has 1 N–H and O–H groups in total. The van der Waals surface area contributed by atoms with E-state index in [-0.39, 0.29) is 11.9 Å². The van der Waals surface area contributed by atoms with Gasteiger partial charge in [0.1, 0.15) is 5.82 Å². The molecule has 0 aliphatic carbocycles. The van der Waals surface area contributed by atoms with E-state index in [4.69, 9.17) is 11.6 Å². The fourth-order valence-electron chi connectivity index (χ4n) is 3.06. The first-order chi connectivity index (χ1) is 12.2. The van der Waals surface area contributed by atoms with Crippen LogP contribution in [0.1, 0.15) is 17.2 Å². The molecule has 0 aliphatic heterocycles. The van der Waals surface area contributed by atoms with Gasteiger partial charge >= 0.3 is 0 Å². The van der Waals surface area contributed by atoms with E-state index in [9.17, 15) is 4.39 Å². The second-order valence-electron chi connectivity index (χ2n) is 5.80. The monoisotopic (exact) mass is 351 g/mol. The van der Waals surface area contributed by atoms with E-state index in [1.807, 2.05) is 47.4 Å². The van der Waals surface area contributed by atoms with E-state index in [0.29, 0.717) is 5.02 Å². The molecule has 25 heavy (non-hydrogen) atoms. The van der Waals surface area contributed by atoms with Gasteiger partial charge in [-0.25, -0.2) is 9.37 Å². The summed E-state index contributed by atoms with van der Waals surface area (Å²) in [5, 5.41) is 0.700. The topological polar surface area (TPSA) is 33.6 Å². The van der Waals surface area contributed by atoms with Crippen molar-refractivity contribution in [1.29, 1.82) is 0 Å². The molecule has 2 heterocycles. The maximum Gasteiger partial charge on any atom is 0.123 e. The highest BCUT2D eigenvalue weighted by Crippen LogP contribution is 2.35. The van der Waals surface area contributed by atoms with Crippen LogP contribution < -0.4 is 0 Å². The number of benzene rings is 2. The summed E-state index contributed by atoms with van der Waals surface area (Å²) in [6, 6.07) is 14.2. The Kier molecular flexibility index (Phi) is 4.12. The van der Waals surface area contributed by atoms with Crippen LogP contribution in [0, 0.1) is 5.82 Å². The zero-order valence-corrected chi connectivity index (χ0v) is 14.0. The lowest BCUT2D eigenvalue weighted by atomic mass is 9.94. The minimum atomic E-state index is -0.250. The number of aromatic nitrogens is 3. The Morgan fingerprint density at radius 3 is 2.44 bits per heavy atom. The van der Waals surface area contributed by atoms with Gasteiger partial charge in [-0.3, -0.25) is 0 Å². The third-order valence-electron chi connectivity index (χ3n) is 4.24. The first-order valence-corrected chi connectivity index (χ1v) is 8.26. The molecule has 0 fully saturated rings. The van der Waals surface area contributed by atoms with Crippen LogP contribution in [0.3, 0.4) is 0 Å². The van der Waals surface area contributed by atoms with Gasteiger partial charge in [-0.1, -0.05) is 35.9 Å². The molecular formula is C20H15ClFN3. The second-order valence-corrected chi connectivity index (χ2v) is 6.23. The predicted molar refractivity (Wildman–Crippen MR) is 97.1 cm³/mol. The van der Waals surface area contributed by atoms with Crippen LogP contribution in [-0.4, -0.2) is 14.5 Å². The zero-order valence-electron chi connectivity index (χ0n) is 13.2. The highest BCUT2D eigenvalue weighted by Gasteiger charge is 2.21. The summed E-state index contributed by atoms with van der Waals surface area (Å²) < 4.78 is 15.4. The van der Waals surface area contributed by atoms with E-state index in [1.54, 1.807) is 24.7 Å². The smallest absolute Gasteiger partial charge is 0.123 e. The van der Waals surface area contributed by atoms with Crippen LogP contribution in [0.2, 0.25) is 5.02 Å². The van der Waals surface area contributed by atoms with Crippen LogP contribution in [0.15, 0.2) is 79.6 Å². The van der Waals surface area contributed by atoms with E-state index in [0.717, 1.165) is 22.3 Å². The zero-order chi connectivity index (χ0) is 17.2. The first kappa shape index (κ1) is 15.7. The van der Waals surface area contributed by atoms with Gasteiger partial charge in [-0.15, -0.1) is 0 Å². The van der Waals surface area contributed by atoms with Crippen molar-refractivity contribution >= 4 is 11.6 Å². The number of H-pyrrole nitrogens is 1. The quantitative estimate of drug-likeness (QED) is 0.531. The first-order valence-electron chi connectivity index (χ1n) is 7.88. The molecule has 1 atom stereocenters. The van der Waals surface area contributed by atoms with Crippen molar-refractivity contribution in [3.63, 3.8) is 0 Å². The number of halogens is 2. The molecule has 1 unspecified atom stereocenters. The van der Waals surface area contributed by atoms with Gasteiger partial charge in [0.2, 0.25) is 0 Å². The van der Waals surface area contributed by atoms with Crippen molar-refractivity contribution in [2.45, 2.75) is 6.04 Å². The fraction of sp³-hybridized carbons (Fsp3) is 0.0500. The lowest BCUT2D eigenvalue weighted by Gasteiger charge is -2.20. The number of nitrogens with zero attached hydrogens (tertiary/aromatic N) is 2. The Labute approximate surface area is 149 Å². The fourth-order valence-corrected chi connectivity index (χ4v) is 3.19. The molecule has 0 saturated carbocycles. The molecule has 0 radical (unpaired) electrons. The van der Waals surface area contributed by atoms with Crippen molar-refractivity contribution in [1.82, 2.24) is 14.5 Å². The average molecular weight is 352 g/mol. The predicted octanol–water partition coefficient (Wildman–Crippen LogP) is 5.31. The van der Waals surface area contributed by atoms with Crippen molar-refractivity contribution in [3.05, 3.63) is 102 Å². The maximum atomic E-state index is 13.4. The number of nitrogens with one attached hydrogen (secondary N) is 1. The summed E-state index contributed by atoms with van der Waals surface area (Å²) in [6.45, 7) is 0. The van der Waals surface area contributed by atoms with Crippen molar-refractivity contribution in [2.24, 2.45) is 0 Å². The maximum absolute atomic E-state index is 13.4. The number of imidazole rings is 1. The molecule has 124 valence electrons. The van der Waals surface area contributed by atoms with Crippen LogP contribution in [0.5, 0.6) is 0 Å². The van der Waals surface area contributed by atoms with Gasteiger partial charge in [0.05, 0.1) is 12.4 Å². The molecule has 5 heteroatoms. The van der Waals surface area contributed by atoms with Crippen molar-refractivity contribution in [3.8, 4) is 11.1 Å². The van der Waals surface area contributed by atoms with Crippen molar-refractivity contribution < 1.29 is 4.39 Å². The van der Waals surface area contributed by atoms with Crippen LogP contribution in [0.4, 0.5) is 4.39 Å². The van der Waals surface area contributed by atoms with Gasteiger partial charge in [0.15, 0.2) is 0 Å². The second kappa shape index (κ2) is 6.57. The number of rotatable bonds is 4. The highest BCUT2D eigenvalue weighted by molar-refractivity contribution is 6.30. The molecule has 4 rings (SSSR count). The van der Waals surface area contributed by atoms with Gasteiger partial charge in [0, 0.05) is 40.9 Å². The highest BCUT2D eigenvalue weighted by atomic mass is 35.5. The molecule has 0 bridgehead atoms. The molecule has 4 aromatic rings. The lowest BCUT2D eigenvalue weighted by molar-refractivity contribution is 0.622. The van der Waals surface area contributed by atoms with Crippen LogP contribution >= 0.6 is 11.6 Å². The summed E-state index contributed by atoms with van der Waals surface area (Å²) in [6.07, 6.45) is 9.36. The van der Waals surface area contributed by atoms with Crippen molar-refractivity contribution in [2.75, 3.05) is 0 Å². The van der Waals surface area contributed by atoms with Crippen LogP contribution in [0.25, 0.3) is 11.1 Å². The minimum absolute atomic E-state index is 0.111. The molecular weight excluding hydrogens is 337 g/mol. The third-order valence-corrected chi connectivity index (χ3v) is 4.49. The summed E-state index contributed by atoms with van der Waals surface area (Å²) in [5.74, 6) is -0.250. The van der Waals surface area contributed by atoms with Gasteiger partial charge in [-0.2, -0.15) is 0 Å². The van der Waals surface area contributed by atoms with Gasteiger partial charge in [-0.05, 0) is 35.4 Å². The standard InChI is InChI=1S/C20H15ClFN3/c21-16-5-1-14(2-6-16)18-11-24-12-19(18)20(25-10-9-23-13-25)15-3-7-17(22)8-4-15/h1-13,20,24H. The Bertz CT molecular complexity index is 957. The number of aromatic amines is 1. The normalized spacial score (nSPS) is 12.2. The molecule has 3 nitrogen and oxygen atoms in total. The molecule has 0 aliphatic rings. The Morgan fingerprint density at radius 1 is 1.00 bits per heavy atom. The molecule has 2 aromatic carbocycles. The SMILES string of the molecule is Fc1ccc(C(c2c[nH]cc2-c2ccc(Cl)cc2)n2ccnc2)cc1. The van der Waals surface area contributed by atoms with Crippen LogP contribution in [-0.2, 0) is 0 Å². The summed E-state index contributed by atoms with van der Waals surface area (Å²) >= 11 is 6.01. The molecule has 0 spiro atoms. The number of hydrogen-bond donors (Lipinski definition) is 1. The Hall–Kier alpha value is -2.85. The molecule has 0 amide bonds. The average Bonchev–Trinajstić information content (AvgIpc) is 3.30. The van der Waals surface area contributed by atoms with E-state index < -0.39 is 0 Å². The summed E-state index contributed by atoms with van der Waals surface area (Å²) in [5.41, 5.74) is 4.19. The van der Waals surface area contributed by atoms with Gasteiger partial charge in [0.25, 0.3) is 0 Å². The van der Waals surface area contributed by atoms with E-state index >= 15 is 0 Å². The number of hydrogen-bond acceptors (Lipinski definition) is 1. The Morgan fingerprint density at radius 2 is 1.76 bits per heavy atom. The van der Waals surface area contributed by atoms with E-state index in [1.165, 1.54) is 12.1 Å². The van der Waals surface area contributed by atoms with E-state index in [2.05, 4.69) is 9.97 Å². The summed E-state index contributed by atoms with van der Waals surface area (Å²) in [4.78, 5) is 7.37. The largest absolute Gasteiger partial charge is 0.367 e. The molecule has 0 saturated heterocycles. The Balaban J connectivity index is 1.85. The minimum Gasteiger partial charge on any atom is -0.367 e. The third kappa shape index (κ3) is 3.08. The van der Waals surface area contributed by atoms with Gasteiger partial charge < -0.3 is 9.55 Å². The summed E-state index contributed by atoms with van der Waals surface area (Å²) in [7, 11) is 0. The molecule has 2 aromatic heterocycles. The lowest BCUT2D eigenvalue weighted by Crippen LogP contribution is -2.11.